The first-order valence-corrected chi connectivity index (χ1v) is 22.4. The molecular weight excluding hydrogens is 791 g/mol. The highest BCUT2D eigenvalue weighted by atomic mass is 32.2. The van der Waals surface area contributed by atoms with E-state index < -0.39 is 50.0 Å². The Morgan fingerprint density at radius 2 is 1.53 bits per heavy atom. The normalized spacial score (nSPS) is 20.8. The molecule has 1 unspecified atom stereocenters. The number of rotatable bonds is 18. The molecule has 14 heteroatoms. The van der Waals surface area contributed by atoms with Crippen molar-refractivity contribution in [2.24, 2.45) is 5.41 Å². The Bertz CT molecular complexity index is 2280. The molecule has 2 aliphatic heterocycles. The number of unbranched alkanes of at least 4 members (excludes halogenated alkanes) is 3. The number of nitrogens with zero attached hydrogens (tertiary/aromatic N) is 2. The van der Waals surface area contributed by atoms with Crippen LogP contribution in [0.15, 0.2) is 83.6 Å². The number of aliphatic carboxylic acids is 1. The third-order valence-corrected chi connectivity index (χ3v) is 12.3. The zero-order chi connectivity index (χ0) is 44.0. The zero-order valence-electron chi connectivity index (χ0n) is 35.5. The molecule has 2 aromatic rings. The number of anilines is 1. The van der Waals surface area contributed by atoms with Crippen molar-refractivity contribution >= 4 is 45.0 Å². The van der Waals surface area contributed by atoms with E-state index >= 15 is 0 Å². The van der Waals surface area contributed by atoms with Crippen molar-refractivity contribution in [2.75, 3.05) is 30.4 Å². The first-order valence-electron chi connectivity index (χ1n) is 20.8. The molecule has 4 N–H and O–H groups in total. The third kappa shape index (κ3) is 10.1. The summed E-state index contributed by atoms with van der Waals surface area (Å²) >= 11 is 0. The number of carbonyl (C=O) groups is 3. The molecule has 1 atom stereocenters. The summed E-state index contributed by atoms with van der Waals surface area (Å²) in [5.74, 6) is -4.25. The number of carboxylic acid groups (broad SMARTS) is 1. The second kappa shape index (κ2) is 18.8. The number of nitrogens with one attached hydrogen (secondary N) is 2. The number of hydrogen-bond donors (Lipinski definition) is 4. The van der Waals surface area contributed by atoms with E-state index in [1.165, 1.54) is 12.1 Å². The van der Waals surface area contributed by atoms with Crippen molar-refractivity contribution in [3.05, 3.63) is 106 Å². The molecule has 60 heavy (non-hydrogen) atoms. The summed E-state index contributed by atoms with van der Waals surface area (Å²) in [6.45, 7) is 13.7. The molecule has 0 spiro atoms. The van der Waals surface area contributed by atoms with Crippen LogP contribution in [0.25, 0.3) is 0 Å². The van der Waals surface area contributed by atoms with E-state index in [0.29, 0.717) is 43.5 Å². The molecule has 0 saturated heterocycles. The van der Waals surface area contributed by atoms with Crippen molar-refractivity contribution in [3.8, 4) is 0 Å². The molecule has 1 aliphatic carbocycles. The van der Waals surface area contributed by atoms with Crippen LogP contribution in [-0.4, -0.2) is 71.7 Å². The van der Waals surface area contributed by atoms with Crippen molar-refractivity contribution < 1.29 is 45.8 Å². The molecule has 2 heterocycles. The van der Waals surface area contributed by atoms with Crippen LogP contribution in [-0.2, 0) is 35.3 Å². The Kier molecular flexibility index (Phi) is 14.4. The summed E-state index contributed by atoms with van der Waals surface area (Å²) < 4.78 is 64.8. The molecule has 2 amide bonds. The Morgan fingerprint density at radius 1 is 0.850 bits per heavy atom. The van der Waals surface area contributed by atoms with Gasteiger partial charge in [-0.15, -0.1) is 0 Å². The molecule has 3 aliphatic rings. The van der Waals surface area contributed by atoms with Crippen LogP contribution in [0.1, 0.15) is 110 Å². The third-order valence-electron chi connectivity index (χ3n) is 11.8. The predicted octanol–water partition coefficient (Wildman–Crippen LogP) is 8.14. The number of amides is 2. The predicted molar refractivity (Wildman–Crippen MR) is 230 cm³/mol. The highest BCUT2D eigenvalue weighted by Crippen LogP contribution is 2.49. The summed E-state index contributed by atoms with van der Waals surface area (Å²) in [4.78, 5) is 42.0. The SMILES string of the molecule is CCCCN1C(=CC=C2C=C(C=CC3=[N+](CCC)c4ccc(F)cc4C3(C)C)CC(C(=O)NCCCCCC(=O)O)(C(=O)NCS(=O)(=O)O)C2)C(C)(C)c2cc(F)ccc21. The van der Waals surface area contributed by atoms with E-state index in [1.807, 2.05) is 58.1 Å². The van der Waals surface area contributed by atoms with Gasteiger partial charge < -0.3 is 20.6 Å². The number of hydrogen-bond acceptors (Lipinski definition) is 6. The zero-order valence-corrected chi connectivity index (χ0v) is 36.4. The van der Waals surface area contributed by atoms with Gasteiger partial charge in [-0.2, -0.15) is 13.0 Å². The summed E-state index contributed by atoms with van der Waals surface area (Å²) in [5, 5.41) is 14.2. The Labute approximate surface area is 352 Å². The minimum Gasteiger partial charge on any atom is -0.481 e. The van der Waals surface area contributed by atoms with Gasteiger partial charge in [0.05, 0.1) is 5.41 Å². The maximum absolute atomic E-state index is 14.6. The van der Waals surface area contributed by atoms with E-state index in [4.69, 9.17) is 5.11 Å². The fourth-order valence-corrected chi connectivity index (χ4v) is 9.02. The maximum atomic E-state index is 14.6. The Hall–Kier alpha value is -4.95. The van der Waals surface area contributed by atoms with Gasteiger partial charge in [0.25, 0.3) is 10.1 Å². The average molecular weight is 850 g/mol. The largest absolute Gasteiger partial charge is 0.481 e. The van der Waals surface area contributed by atoms with Crippen LogP contribution >= 0.6 is 0 Å². The molecule has 0 bridgehead atoms. The number of halogens is 2. The van der Waals surface area contributed by atoms with Gasteiger partial charge in [-0.3, -0.25) is 18.9 Å². The highest BCUT2D eigenvalue weighted by molar-refractivity contribution is 7.85. The lowest BCUT2D eigenvalue weighted by Gasteiger charge is -2.35. The van der Waals surface area contributed by atoms with Gasteiger partial charge in [-0.1, -0.05) is 58.8 Å². The van der Waals surface area contributed by atoms with E-state index in [9.17, 15) is 36.1 Å². The summed E-state index contributed by atoms with van der Waals surface area (Å²) in [6, 6.07) is 9.54. The first kappa shape index (κ1) is 46.1. The Morgan fingerprint density at radius 3 is 2.20 bits per heavy atom. The van der Waals surface area contributed by atoms with Crippen molar-refractivity contribution in [1.82, 2.24) is 10.6 Å². The molecule has 5 rings (SSSR count). The number of allylic oxidation sites excluding steroid dienone is 8. The lowest BCUT2D eigenvalue weighted by molar-refractivity contribution is -0.437. The van der Waals surface area contributed by atoms with Gasteiger partial charge in [0.2, 0.25) is 17.5 Å². The summed E-state index contributed by atoms with van der Waals surface area (Å²) in [7, 11) is -4.66. The van der Waals surface area contributed by atoms with Crippen molar-refractivity contribution in [1.29, 1.82) is 0 Å². The second-order valence-corrected chi connectivity index (χ2v) is 18.5. The fraction of sp³-hybridized carbons (Fsp3) is 0.478. The van der Waals surface area contributed by atoms with Gasteiger partial charge >= 0.3 is 5.97 Å². The minimum absolute atomic E-state index is 0.0156. The fourth-order valence-electron chi connectivity index (χ4n) is 8.70. The lowest BCUT2D eigenvalue weighted by Crippen LogP contribution is -2.53. The minimum atomic E-state index is -4.66. The van der Waals surface area contributed by atoms with Crippen molar-refractivity contribution in [3.63, 3.8) is 0 Å². The monoisotopic (exact) mass is 849 g/mol. The van der Waals surface area contributed by atoms with Crippen molar-refractivity contribution in [2.45, 2.75) is 110 Å². The number of benzene rings is 2. The molecule has 0 saturated carbocycles. The maximum Gasteiger partial charge on any atom is 0.303 e. The molecule has 324 valence electrons. The van der Waals surface area contributed by atoms with Gasteiger partial charge in [0, 0.05) is 60.4 Å². The number of fused-ring (bicyclic) bond motifs is 2. The van der Waals surface area contributed by atoms with E-state index in [2.05, 4.69) is 34.0 Å². The smallest absolute Gasteiger partial charge is 0.303 e. The number of carbonyl (C=O) groups excluding carboxylic acids is 2. The van der Waals surface area contributed by atoms with Crippen LogP contribution < -0.4 is 15.5 Å². The van der Waals surface area contributed by atoms with E-state index in [0.717, 1.165) is 53.2 Å². The van der Waals surface area contributed by atoms with Crippen LogP contribution in [0.4, 0.5) is 20.2 Å². The molecule has 0 aromatic heterocycles. The molecule has 0 radical (unpaired) electrons. The van der Waals surface area contributed by atoms with Crippen LogP contribution in [0, 0.1) is 17.0 Å². The lowest BCUT2D eigenvalue weighted by atomic mass is 9.70. The van der Waals surface area contributed by atoms with Gasteiger partial charge in [-0.05, 0) is 99.1 Å². The van der Waals surface area contributed by atoms with Crippen LogP contribution in [0.3, 0.4) is 0 Å². The molecular formula is C46H59F2N4O7S+. The summed E-state index contributed by atoms with van der Waals surface area (Å²) in [6.07, 6.45) is 13.2. The van der Waals surface area contributed by atoms with E-state index in [-0.39, 0.29) is 37.4 Å². The average Bonchev–Trinajstić information content (AvgIpc) is 3.51. The first-order chi connectivity index (χ1) is 28.2. The van der Waals surface area contributed by atoms with Gasteiger partial charge in [-0.25, -0.2) is 8.78 Å². The standard InChI is InChI=1S/C46H58F2N4O7S/c1-7-9-24-52-38-19-17-34(48)27-36(38)45(5,6)40(52)21-15-32-25-31(14-20-39-44(3,4)35-26-33(47)16-18-37(35)51(39)23-8-2)28-46(29-32,43(56)50-30-60(57,58)59)42(55)49-22-12-10-11-13-41(53)54/h14-21,25-27H,7-13,22-24,28-30H2,1-6H3,(H3-,49,50,53,54,55,56,57,58,59)/p+1. The molecule has 11 nitrogen and oxygen atoms in total. The molecule has 2 aromatic carbocycles. The van der Waals surface area contributed by atoms with Gasteiger partial charge in [0.15, 0.2) is 5.71 Å². The second-order valence-electron chi connectivity index (χ2n) is 17.1. The quantitative estimate of drug-likeness (QED) is 0.0507. The topological polar surface area (TPSA) is 156 Å². The highest BCUT2D eigenvalue weighted by Gasteiger charge is 2.49. The summed E-state index contributed by atoms with van der Waals surface area (Å²) in [5.41, 5.74) is 3.35. The number of carboxylic acids is 1. The Balaban J connectivity index is 1.63. The van der Waals surface area contributed by atoms with E-state index in [1.54, 1.807) is 24.3 Å². The van der Waals surface area contributed by atoms with Gasteiger partial charge in [0.1, 0.15) is 29.5 Å². The van der Waals surface area contributed by atoms with Crippen LogP contribution in [0.2, 0.25) is 0 Å². The van der Waals surface area contributed by atoms with Crippen LogP contribution in [0.5, 0.6) is 0 Å². The molecule has 0 fully saturated rings.